The fraction of sp³-hybridized carbons (Fsp3) is 0.381. The Morgan fingerprint density at radius 1 is 1.12 bits per heavy atom. The number of anilines is 2. The topological polar surface area (TPSA) is 50.8 Å². The summed E-state index contributed by atoms with van der Waals surface area (Å²) in [7, 11) is 1.62. The maximum absolute atomic E-state index is 12.7. The second kappa shape index (κ2) is 8.23. The molecule has 0 atom stereocenters. The van der Waals surface area contributed by atoms with Crippen LogP contribution in [0.5, 0.6) is 5.75 Å². The maximum Gasteiger partial charge on any atom is 0.255 e. The molecule has 0 aliphatic carbocycles. The summed E-state index contributed by atoms with van der Waals surface area (Å²) in [6, 6.07) is 13.5. The number of rotatable bonds is 5. The maximum atomic E-state index is 12.7. The molecule has 5 nitrogen and oxygen atoms in total. The monoisotopic (exact) mass is 354 g/mol. The Bertz CT molecular complexity index is 750. The van der Waals surface area contributed by atoms with Crippen LogP contribution in [0.4, 0.5) is 11.4 Å². The second-order valence-corrected chi connectivity index (χ2v) is 6.71. The zero-order chi connectivity index (χ0) is 18.5. The van der Waals surface area contributed by atoms with Crippen molar-refractivity contribution in [3.05, 3.63) is 53.6 Å². The lowest BCUT2D eigenvalue weighted by atomic mass is 10.0. The number of hydrogen-bond acceptors (Lipinski definition) is 4. The van der Waals surface area contributed by atoms with E-state index in [2.05, 4.69) is 24.1 Å². The van der Waals surface area contributed by atoms with Crippen molar-refractivity contribution in [2.45, 2.75) is 19.8 Å². The number of hydrogen-bond donors (Lipinski definition) is 1. The zero-order valence-corrected chi connectivity index (χ0v) is 15.6. The minimum Gasteiger partial charge on any atom is -0.497 e. The fourth-order valence-corrected chi connectivity index (χ4v) is 3.04. The first kappa shape index (κ1) is 18.3. The summed E-state index contributed by atoms with van der Waals surface area (Å²) < 4.78 is 10.8. The molecule has 5 heteroatoms. The van der Waals surface area contributed by atoms with Crippen molar-refractivity contribution in [3.8, 4) is 5.75 Å². The number of carbonyl (C=O) groups excluding carboxylic acids is 1. The van der Waals surface area contributed by atoms with Gasteiger partial charge in [-0.2, -0.15) is 0 Å². The lowest BCUT2D eigenvalue weighted by molar-refractivity contribution is 0.102. The van der Waals surface area contributed by atoms with Crippen molar-refractivity contribution in [3.63, 3.8) is 0 Å². The second-order valence-electron chi connectivity index (χ2n) is 6.71. The molecule has 1 N–H and O–H groups in total. The summed E-state index contributed by atoms with van der Waals surface area (Å²) in [5.74, 6) is 1.04. The van der Waals surface area contributed by atoms with Gasteiger partial charge in [-0.15, -0.1) is 0 Å². The number of carbonyl (C=O) groups is 1. The number of ether oxygens (including phenoxy) is 2. The van der Waals surface area contributed by atoms with Crippen molar-refractivity contribution in [2.75, 3.05) is 43.6 Å². The number of methoxy groups -OCH3 is 1. The van der Waals surface area contributed by atoms with Gasteiger partial charge in [0.1, 0.15) is 5.75 Å². The van der Waals surface area contributed by atoms with Crippen LogP contribution >= 0.6 is 0 Å². The van der Waals surface area contributed by atoms with Gasteiger partial charge in [-0.3, -0.25) is 4.79 Å². The van der Waals surface area contributed by atoms with E-state index >= 15 is 0 Å². The van der Waals surface area contributed by atoms with Gasteiger partial charge in [-0.25, -0.2) is 0 Å². The molecule has 0 spiro atoms. The number of nitrogens with zero attached hydrogens (tertiary/aromatic N) is 1. The summed E-state index contributed by atoms with van der Waals surface area (Å²) in [5.41, 5.74) is 3.60. The molecule has 2 aromatic carbocycles. The predicted octanol–water partition coefficient (Wildman–Crippen LogP) is 3.91. The molecular formula is C21H26N2O3. The molecule has 0 bridgehead atoms. The third kappa shape index (κ3) is 4.17. The van der Waals surface area contributed by atoms with Crippen molar-refractivity contribution in [1.82, 2.24) is 0 Å². The largest absolute Gasteiger partial charge is 0.497 e. The highest BCUT2D eigenvalue weighted by atomic mass is 16.5. The van der Waals surface area contributed by atoms with Crippen LogP contribution in [-0.4, -0.2) is 39.3 Å². The molecule has 3 rings (SSSR count). The molecule has 0 unspecified atom stereocenters. The summed E-state index contributed by atoms with van der Waals surface area (Å²) in [6.07, 6.45) is 0. The predicted molar refractivity (Wildman–Crippen MR) is 105 cm³/mol. The van der Waals surface area contributed by atoms with E-state index in [0.29, 0.717) is 30.4 Å². The smallest absolute Gasteiger partial charge is 0.255 e. The number of nitrogens with one attached hydrogen (secondary N) is 1. The zero-order valence-electron chi connectivity index (χ0n) is 15.6. The van der Waals surface area contributed by atoms with Crippen LogP contribution in [0, 0.1) is 0 Å². The van der Waals surface area contributed by atoms with Crippen LogP contribution in [-0.2, 0) is 4.74 Å². The van der Waals surface area contributed by atoms with Gasteiger partial charge in [0.25, 0.3) is 5.91 Å². The average molecular weight is 354 g/mol. The molecular weight excluding hydrogens is 328 g/mol. The Kier molecular flexibility index (Phi) is 5.78. The molecule has 0 radical (unpaired) electrons. The van der Waals surface area contributed by atoms with Gasteiger partial charge in [0.05, 0.1) is 31.7 Å². The molecule has 2 aromatic rings. The molecule has 1 saturated heterocycles. The van der Waals surface area contributed by atoms with E-state index in [1.807, 2.05) is 42.5 Å². The fourth-order valence-electron chi connectivity index (χ4n) is 3.04. The number of amides is 1. The van der Waals surface area contributed by atoms with Gasteiger partial charge < -0.3 is 19.7 Å². The van der Waals surface area contributed by atoms with Gasteiger partial charge in [-0.05, 0) is 35.7 Å². The summed E-state index contributed by atoms with van der Waals surface area (Å²) in [5, 5.41) is 3.05. The first-order valence-corrected chi connectivity index (χ1v) is 9.00. The highest BCUT2D eigenvalue weighted by Gasteiger charge is 2.17. The van der Waals surface area contributed by atoms with Crippen LogP contribution in [0.1, 0.15) is 35.7 Å². The third-order valence-corrected chi connectivity index (χ3v) is 4.64. The number of morpholine rings is 1. The Morgan fingerprint density at radius 2 is 1.81 bits per heavy atom. The van der Waals surface area contributed by atoms with Gasteiger partial charge in [0, 0.05) is 24.7 Å². The molecule has 1 amide bonds. The van der Waals surface area contributed by atoms with Gasteiger partial charge >= 0.3 is 0 Å². The van der Waals surface area contributed by atoms with E-state index in [1.54, 1.807) is 7.11 Å². The minimum absolute atomic E-state index is 0.122. The number of benzene rings is 2. The van der Waals surface area contributed by atoms with Gasteiger partial charge in [-0.1, -0.05) is 26.0 Å². The first-order chi connectivity index (χ1) is 12.6. The van der Waals surface area contributed by atoms with Crippen LogP contribution in [0.3, 0.4) is 0 Å². The van der Waals surface area contributed by atoms with Gasteiger partial charge in [0.15, 0.2) is 0 Å². The molecule has 26 heavy (non-hydrogen) atoms. The van der Waals surface area contributed by atoms with E-state index in [0.717, 1.165) is 24.5 Å². The average Bonchev–Trinajstić information content (AvgIpc) is 2.68. The minimum atomic E-state index is -0.122. The Balaban J connectivity index is 1.83. The summed E-state index contributed by atoms with van der Waals surface area (Å²) in [6.45, 7) is 7.27. The van der Waals surface area contributed by atoms with Crippen LogP contribution in [0.25, 0.3) is 0 Å². The van der Waals surface area contributed by atoms with Crippen LogP contribution < -0.4 is 15.0 Å². The Hall–Kier alpha value is -2.53. The normalized spacial score (nSPS) is 14.4. The van der Waals surface area contributed by atoms with E-state index in [9.17, 15) is 4.79 Å². The highest BCUT2D eigenvalue weighted by Crippen LogP contribution is 2.31. The van der Waals surface area contributed by atoms with Crippen LogP contribution in [0.2, 0.25) is 0 Å². The van der Waals surface area contributed by atoms with Crippen molar-refractivity contribution >= 4 is 17.3 Å². The van der Waals surface area contributed by atoms with Crippen molar-refractivity contribution in [2.24, 2.45) is 0 Å². The standard InChI is InChI=1S/C21H26N2O3/c1-15(2)16-4-6-17(7-5-16)21(24)22-19-14-18(25-3)8-9-20(19)23-10-12-26-13-11-23/h4-9,14-15H,10-13H2,1-3H3,(H,22,24). The Morgan fingerprint density at radius 3 is 2.42 bits per heavy atom. The van der Waals surface area contributed by atoms with Crippen molar-refractivity contribution < 1.29 is 14.3 Å². The highest BCUT2D eigenvalue weighted by molar-refractivity contribution is 6.06. The lowest BCUT2D eigenvalue weighted by Crippen LogP contribution is -2.36. The van der Waals surface area contributed by atoms with Crippen molar-refractivity contribution in [1.29, 1.82) is 0 Å². The molecule has 1 fully saturated rings. The molecule has 1 aliphatic rings. The van der Waals surface area contributed by atoms with Gasteiger partial charge in [0.2, 0.25) is 0 Å². The third-order valence-electron chi connectivity index (χ3n) is 4.64. The molecule has 1 aliphatic heterocycles. The molecule has 1 heterocycles. The summed E-state index contributed by atoms with van der Waals surface area (Å²) >= 11 is 0. The SMILES string of the molecule is COc1ccc(N2CCOCC2)c(NC(=O)c2ccc(C(C)C)cc2)c1. The van der Waals surface area contributed by atoms with E-state index in [4.69, 9.17) is 9.47 Å². The lowest BCUT2D eigenvalue weighted by Gasteiger charge is -2.30. The Labute approximate surface area is 154 Å². The van der Waals surface area contributed by atoms with E-state index < -0.39 is 0 Å². The molecule has 0 saturated carbocycles. The first-order valence-electron chi connectivity index (χ1n) is 9.00. The van der Waals surface area contributed by atoms with Crippen LogP contribution in [0.15, 0.2) is 42.5 Å². The molecule has 0 aromatic heterocycles. The van der Waals surface area contributed by atoms with E-state index in [1.165, 1.54) is 5.56 Å². The summed E-state index contributed by atoms with van der Waals surface area (Å²) in [4.78, 5) is 15.0. The molecule has 138 valence electrons. The van der Waals surface area contributed by atoms with E-state index in [-0.39, 0.29) is 5.91 Å². The quantitative estimate of drug-likeness (QED) is 0.884.